The standard InChI is InChI=1S/C14H21NO/c1-11(15)10-13-4-2-3-5-14(13)12-6-8-16-9-7-12/h2-5,11-12H,6-10,15H2,1H3. The van der Waals surface area contributed by atoms with E-state index in [-0.39, 0.29) is 6.04 Å². The lowest BCUT2D eigenvalue weighted by Crippen LogP contribution is -2.21. The van der Waals surface area contributed by atoms with Crippen LogP contribution in [0.5, 0.6) is 0 Å². The first-order chi connectivity index (χ1) is 7.77. The average Bonchev–Trinajstić information content (AvgIpc) is 2.30. The highest BCUT2D eigenvalue weighted by Gasteiger charge is 2.18. The molecule has 1 aliphatic heterocycles. The lowest BCUT2D eigenvalue weighted by molar-refractivity contribution is 0.0851. The Hall–Kier alpha value is -0.860. The Kier molecular flexibility index (Phi) is 3.97. The Morgan fingerprint density at radius 3 is 2.69 bits per heavy atom. The van der Waals surface area contributed by atoms with E-state index >= 15 is 0 Å². The fraction of sp³-hybridized carbons (Fsp3) is 0.571. The minimum Gasteiger partial charge on any atom is -0.381 e. The van der Waals surface area contributed by atoms with E-state index in [9.17, 15) is 0 Å². The molecule has 0 saturated carbocycles. The predicted molar refractivity (Wildman–Crippen MR) is 66.6 cm³/mol. The van der Waals surface area contributed by atoms with Crippen LogP contribution < -0.4 is 5.73 Å². The van der Waals surface area contributed by atoms with E-state index in [1.165, 1.54) is 11.1 Å². The molecule has 88 valence electrons. The third-order valence-corrected chi connectivity index (χ3v) is 3.26. The van der Waals surface area contributed by atoms with Gasteiger partial charge in [0.15, 0.2) is 0 Å². The van der Waals surface area contributed by atoms with Crippen LogP contribution in [0.4, 0.5) is 0 Å². The second-order valence-corrected chi connectivity index (χ2v) is 4.77. The molecular weight excluding hydrogens is 198 g/mol. The maximum atomic E-state index is 5.90. The molecule has 2 heteroatoms. The molecule has 1 fully saturated rings. The lowest BCUT2D eigenvalue weighted by Gasteiger charge is -2.25. The van der Waals surface area contributed by atoms with Gasteiger partial charge in [0.25, 0.3) is 0 Å². The highest BCUT2D eigenvalue weighted by molar-refractivity contribution is 5.31. The first kappa shape index (κ1) is 11.6. The van der Waals surface area contributed by atoms with Crippen molar-refractivity contribution < 1.29 is 4.74 Å². The third-order valence-electron chi connectivity index (χ3n) is 3.26. The first-order valence-corrected chi connectivity index (χ1v) is 6.18. The normalized spacial score (nSPS) is 19.6. The smallest absolute Gasteiger partial charge is 0.0471 e. The second kappa shape index (κ2) is 5.46. The SMILES string of the molecule is CC(N)Cc1ccccc1C1CCOCC1. The Morgan fingerprint density at radius 2 is 2.00 bits per heavy atom. The molecule has 1 aromatic carbocycles. The predicted octanol–water partition coefficient (Wildman–Crippen LogP) is 2.47. The molecule has 0 aromatic heterocycles. The van der Waals surface area contributed by atoms with Gasteiger partial charge in [0.2, 0.25) is 0 Å². The van der Waals surface area contributed by atoms with Crippen molar-refractivity contribution in [3.63, 3.8) is 0 Å². The topological polar surface area (TPSA) is 35.2 Å². The van der Waals surface area contributed by atoms with Crippen molar-refractivity contribution in [3.05, 3.63) is 35.4 Å². The molecule has 1 saturated heterocycles. The molecule has 1 aromatic rings. The van der Waals surface area contributed by atoms with Crippen molar-refractivity contribution in [1.82, 2.24) is 0 Å². The molecule has 1 aliphatic rings. The quantitative estimate of drug-likeness (QED) is 0.847. The van der Waals surface area contributed by atoms with Crippen LogP contribution in [0, 0.1) is 0 Å². The Morgan fingerprint density at radius 1 is 1.31 bits per heavy atom. The molecule has 0 radical (unpaired) electrons. The first-order valence-electron chi connectivity index (χ1n) is 6.18. The Balaban J connectivity index is 2.17. The largest absolute Gasteiger partial charge is 0.381 e. The van der Waals surface area contributed by atoms with Crippen molar-refractivity contribution in [3.8, 4) is 0 Å². The zero-order valence-corrected chi connectivity index (χ0v) is 9.99. The van der Waals surface area contributed by atoms with Gasteiger partial charge in [0.05, 0.1) is 0 Å². The van der Waals surface area contributed by atoms with Gasteiger partial charge in [-0.05, 0) is 43.2 Å². The molecule has 16 heavy (non-hydrogen) atoms. The zero-order valence-electron chi connectivity index (χ0n) is 9.99. The van der Waals surface area contributed by atoms with E-state index in [2.05, 4.69) is 31.2 Å². The molecule has 2 nitrogen and oxygen atoms in total. The van der Waals surface area contributed by atoms with Gasteiger partial charge < -0.3 is 10.5 Å². The van der Waals surface area contributed by atoms with E-state index in [4.69, 9.17) is 10.5 Å². The van der Waals surface area contributed by atoms with Gasteiger partial charge in [-0.15, -0.1) is 0 Å². The van der Waals surface area contributed by atoms with Crippen LogP contribution in [0.25, 0.3) is 0 Å². The molecule has 0 spiro atoms. The van der Waals surface area contributed by atoms with E-state index < -0.39 is 0 Å². The summed E-state index contributed by atoms with van der Waals surface area (Å²) < 4.78 is 5.42. The second-order valence-electron chi connectivity index (χ2n) is 4.77. The van der Waals surface area contributed by atoms with Crippen molar-refractivity contribution in [2.45, 2.75) is 38.1 Å². The summed E-state index contributed by atoms with van der Waals surface area (Å²) in [5, 5.41) is 0. The van der Waals surface area contributed by atoms with Crippen LogP contribution in [-0.2, 0) is 11.2 Å². The molecule has 2 rings (SSSR count). The molecule has 1 atom stereocenters. The van der Waals surface area contributed by atoms with Crippen LogP contribution >= 0.6 is 0 Å². The van der Waals surface area contributed by atoms with E-state index in [1.807, 2.05) is 0 Å². The van der Waals surface area contributed by atoms with Crippen LogP contribution in [0.1, 0.15) is 36.8 Å². The maximum absolute atomic E-state index is 5.90. The minimum absolute atomic E-state index is 0.237. The van der Waals surface area contributed by atoms with Gasteiger partial charge in [-0.25, -0.2) is 0 Å². The van der Waals surface area contributed by atoms with Gasteiger partial charge in [-0.3, -0.25) is 0 Å². The summed E-state index contributed by atoms with van der Waals surface area (Å²) in [5.41, 5.74) is 8.81. The van der Waals surface area contributed by atoms with Crippen LogP contribution in [0.15, 0.2) is 24.3 Å². The fourth-order valence-electron chi connectivity index (χ4n) is 2.47. The van der Waals surface area contributed by atoms with Crippen molar-refractivity contribution in [2.75, 3.05) is 13.2 Å². The van der Waals surface area contributed by atoms with Crippen molar-refractivity contribution >= 4 is 0 Å². The number of benzene rings is 1. The third kappa shape index (κ3) is 2.83. The van der Waals surface area contributed by atoms with Gasteiger partial charge >= 0.3 is 0 Å². The zero-order chi connectivity index (χ0) is 11.4. The van der Waals surface area contributed by atoms with Gasteiger partial charge in [-0.2, -0.15) is 0 Å². The summed E-state index contributed by atoms with van der Waals surface area (Å²) >= 11 is 0. The van der Waals surface area contributed by atoms with Crippen LogP contribution in [-0.4, -0.2) is 19.3 Å². The highest BCUT2D eigenvalue weighted by Crippen LogP contribution is 2.29. The number of ether oxygens (including phenoxy) is 1. The van der Waals surface area contributed by atoms with Gasteiger partial charge in [0.1, 0.15) is 0 Å². The summed E-state index contributed by atoms with van der Waals surface area (Å²) in [7, 11) is 0. The molecule has 1 unspecified atom stereocenters. The summed E-state index contributed by atoms with van der Waals surface area (Å²) in [4.78, 5) is 0. The van der Waals surface area contributed by atoms with Crippen molar-refractivity contribution in [2.24, 2.45) is 5.73 Å². The molecular formula is C14H21NO. The Bertz CT molecular complexity index is 329. The number of nitrogens with two attached hydrogens (primary N) is 1. The minimum atomic E-state index is 0.237. The number of rotatable bonds is 3. The summed E-state index contributed by atoms with van der Waals surface area (Å²) in [6, 6.07) is 8.96. The van der Waals surface area contributed by atoms with Crippen molar-refractivity contribution in [1.29, 1.82) is 0 Å². The number of hydrogen-bond acceptors (Lipinski definition) is 2. The highest BCUT2D eigenvalue weighted by atomic mass is 16.5. The molecule has 1 heterocycles. The van der Waals surface area contributed by atoms with E-state index in [0.29, 0.717) is 5.92 Å². The Labute approximate surface area is 97.8 Å². The van der Waals surface area contributed by atoms with E-state index in [1.54, 1.807) is 0 Å². The number of hydrogen-bond donors (Lipinski definition) is 1. The molecule has 0 bridgehead atoms. The molecule has 0 amide bonds. The summed E-state index contributed by atoms with van der Waals surface area (Å²) in [6.45, 7) is 3.87. The van der Waals surface area contributed by atoms with Gasteiger partial charge in [-0.1, -0.05) is 24.3 Å². The molecule has 0 aliphatic carbocycles. The van der Waals surface area contributed by atoms with Gasteiger partial charge in [0, 0.05) is 19.3 Å². The molecule has 2 N–H and O–H groups in total. The van der Waals surface area contributed by atoms with E-state index in [0.717, 1.165) is 32.5 Å². The average molecular weight is 219 g/mol. The summed E-state index contributed by atoms with van der Waals surface area (Å²) in [6.07, 6.45) is 3.28. The summed E-state index contributed by atoms with van der Waals surface area (Å²) in [5.74, 6) is 0.670. The van der Waals surface area contributed by atoms with Crippen LogP contribution in [0.3, 0.4) is 0 Å². The monoisotopic (exact) mass is 219 g/mol. The lowest BCUT2D eigenvalue weighted by atomic mass is 9.86. The fourth-order valence-corrected chi connectivity index (χ4v) is 2.47. The van der Waals surface area contributed by atoms with Crippen LogP contribution in [0.2, 0.25) is 0 Å². The maximum Gasteiger partial charge on any atom is 0.0471 e.